The van der Waals surface area contributed by atoms with Crippen LogP contribution in [0.1, 0.15) is 28.7 Å². The molecule has 28 heavy (non-hydrogen) atoms. The lowest BCUT2D eigenvalue weighted by Crippen LogP contribution is -2.17. The number of anilines is 1. The molecule has 0 aliphatic heterocycles. The maximum Gasteiger partial charge on any atom is 0.232 e. The van der Waals surface area contributed by atoms with Gasteiger partial charge in [0.1, 0.15) is 5.82 Å². The molecule has 0 aliphatic carbocycles. The van der Waals surface area contributed by atoms with Crippen LogP contribution >= 0.6 is 11.8 Å². The molecule has 0 fully saturated rings. The lowest BCUT2D eigenvalue weighted by Gasteiger charge is -2.08. The SMILES string of the molecule is CCn1c(CC(=O)Nc2ccccc2)nnc1SCC(=O)c1ccc(C)cc1. The topological polar surface area (TPSA) is 76.9 Å². The van der Waals surface area contributed by atoms with Gasteiger partial charge in [-0.1, -0.05) is 59.8 Å². The Bertz CT molecular complexity index is 952. The van der Waals surface area contributed by atoms with Crippen molar-refractivity contribution in [1.29, 1.82) is 0 Å². The van der Waals surface area contributed by atoms with Crippen LogP contribution in [0.4, 0.5) is 5.69 Å². The van der Waals surface area contributed by atoms with Crippen molar-refractivity contribution in [2.45, 2.75) is 32.0 Å². The molecule has 0 saturated carbocycles. The molecule has 7 heteroatoms. The van der Waals surface area contributed by atoms with E-state index in [-0.39, 0.29) is 23.9 Å². The van der Waals surface area contributed by atoms with E-state index in [1.807, 2.05) is 73.0 Å². The van der Waals surface area contributed by atoms with Crippen molar-refractivity contribution in [2.24, 2.45) is 0 Å². The fraction of sp³-hybridized carbons (Fsp3) is 0.238. The third-order valence-electron chi connectivity index (χ3n) is 4.19. The van der Waals surface area contributed by atoms with Crippen molar-refractivity contribution in [3.63, 3.8) is 0 Å². The first kappa shape index (κ1) is 19.8. The Labute approximate surface area is 168 Å². The van der Waals surface area contributed by atoms with Gasteiger partial charge in [0.25, 0.3) is 0 Å². The molecule has 1 aromatic heterocycles. The van der Waals surface area contributed by atoms with Crippen LogP contribution in [-0.2, 0) is 17.8 Å². The maximum absolute atomic E-state index is 12.4. The molecule has 1 amide bonds. The van der Waals surface area contributed by atoms with Crippen LogP contribution < -0.4 is 5.32 Å². The number of hydrogen-bond acceptors (Lipinski definition) is 5. The highest BCUT2D eigenvalue weighted by molar-refractivity contribution is 7.99. The molecule has 6 nitrogen and oxygen atoms in total. The van der Waals surface area contributed by atoms with Gasteiger partial charge in [-0.25, -0.2) is 0 Å². The second-order valence-electron chi connectivity index (χ2n) is 6.31. The van der Waals surface area contributed by atoms with Gasteiger partial charge in [0.15, 0.2) is 10.9 Å². The van der Waals surface area contributed by atoms with Crippen LogP contribution in [0.15, 0.2) is 59.8 Å². The number of rotatable bonds is 8. The van der Waals surface area contributed by atoms with Gasteiger partial charge in [-0.05, 0) is 26.0 Å². The van der Waals surface area contributed by atoms with Crippen LogP contribution in [0.25, 0.3) is 0 Å². The molecular formula is C21H22N4O2S. The Morgan fingerprint density at radius 3 is 2.43 bits per heavy atom. The maximum atomic E-state index is 12.4. The van der Waals surface area contributed by atoms with E-state index in [0.717, 1.165) is 11.3 Å². The summed E-state index contributed by atoms with van der Waals surface area (Å²) in [4.78, 5) is 24.7. The van der Waals surface area contributed by atoms with Gasteiger partial charge in [-0.3, -0.25) is 9.59 Å². The smallest absolute Gasteiger partial charge is 0.232 e. The van der Waals surface area contributed by atoms with E-state index in [4.69, 9.17) is 0 Å². The van der Waals surface area contributed by atoms with Gasteiger partial charge in [-0.15, -0.1) is 10.2 Å². The first-order valence-corrected chi connectivity index (χ1v) is 10.0. The van der Waals surface area contributed by atoms with Crippen LogP contribution in [0.5, 0.6) is 0 Å². The summed E-state index contributed by atoms with van der Waals surface area (Å²) in [6.45, 7) is 4.58. The predicted molar refractivity (Wildman–Crippen MR) is 111 cm³/mol. The zero-order chi connectivity index (χ0) is 19.9. The molecule has 0 spiro atoms. The molecule has 144 valence electrons. The van der Waals surface area contributed by atoms with Crippen molar-refractivity contribution in [1.82, 2.24) is 14.8 Å². The van der Waals surface area contributed by atoms with E-state index >= 15 is 0 Å². The van der Waals surface area contributed by atoms with Crippen molar-refractivity contribution >= 4 is 29.1 Å². The standard InChI is InChI=1S/C21H22N4O2S/c1-3-25-19(13-20(27)22-17-7-5-4-6-8-17)23-24-21(25)28-14-18(26)16-11-9-15(2)10-12-16/h4-12H,3,13-14H2,1-2H3,(H,22,27). The number of hydrogen-bond donors (Lipinski definition) is 1. The molecule has 0 unspecified atom stereocenters. The van der Waals surface area contributed by atoms with Gasteiger partial charge in [-0.2, -0.15) is 0 Å². The fourth-order valence-electron chi connectivity index (χ4n) is 2.70. The molecule has 2 aromatic carbocycles. The van der Waals surface area contributed by atoms with Gasteiger partial charge in [0.05, 0.1) is 12.2 Å². The summed E-state index contributed by atoms with van der Waals surface area (Å²) in [7, 11) is 0. The van der Waals surface area contributed by atoms with Crippen molar-refractivity contribution < 1.29 is 9.59 Å². The largest absolute Gasteiger partial charge is 0.326 e. The lowest BCUT2D eigenvalue weighted by molar-refractivity contribution is -0.115. The number of para-hydroxylation sites is 1. The predicted octanol–water partition coefficient (Wildman–Crippen LogP) is 3.76. The zero-order valence-electron chi connectivity index (χ0n) is 15.9. The minimum absolute atomic E-state index is 0.0408. The number of aromatic nitrogens is 3. The number of nitrogens with one attached hydrogen (secondary N) is 1. The Morgan fingerprint density at radius 1 is 1.04 bits per heavy atom. The number of Topliss-reactive ketones (excluding diaryl/α,β-unsaturated/α-hetero) is 1. The number of carbonyl (C=O) groups excluding carboxylic acids is 2. The Hall–Kier alpha value is -2.93. The minimum Gasteiger partial charge on any atom is -0.326 e. The Morgan fingerprint density at radius 2 is 1.75 bits per heavy atom. The van der Waals surface area contributed by atoms with Crippen LogP contribution in [-0.4, -0.2) is 32.2 Å². The Balaban J connectivity index is 1.62. The molecule has 1 N–H and O–H groups in total. The first-order valence-electron chi connectivity index (χ1n) is 9.06. The van der Waals surface area contributed by atoms with Crippen molar-refractivity contribution in [3.05, 3.63) is 71.5 Å². The molecule has 1 heterocycles. The molecule has 0 bridgehead atoms. The highest BCUT2D eigenvalue weighted by atomic mass is 32.2. The fourth-order valence-corrected chi connectivity index (χ4v) is 3.61. The van der Waals surface area contributed by atoms with Gasteiger partial charge in [0.2, 0.25) is 5.91 Å². The summed E-state index contributed by atoms with van der Waals surface area (Å²) in [5, 5.41) is 11.8. The second kappa shape index (κ2) is 9.32. The molecular weight excluding hydrogens is 372 g/mol. The summed E-state index contributed by atoms with van der Waals surface area (Å²) in [5.41, 5.74) is 2.55. The van der Waals surface area contributed by atoms with Gasteiger partial charge in [0, 0.05) is 17.8 Å². The number of aryl methyl sites for hydroxylation is 1. The van der Waals surface area contributed by atoms with E-state index < -0.39 is 0 Å². The molecule has 0 aliphatic rings. The van der Waals surface area contributed by atoms with E-state index in [0.29, 0.717) is 23.1 Å². The van der Waals surface area contributed by atoms with Crippen molar-refractivity contribution in [3.8, 4) is 0 Å². The minimum atomic E-state index is -0.152. The number of benzene rings is 2. The summed E-state index contributed by atoms with van der Waals surface area (Å²) < 4.78 is 1.87. The van der Waals surface area contributed by atoms with Crippen LogP contribution in [0, 0.1) is 6.92 Å². The molecule has 0 atom stereocenters. The number of carbonyl (C=O) groups is 2. The Kier molecular flexibility index (Phi) is 6.60. The quantitative estimate of drug-likeness (QED) is 0.465. The molecule has 0 saturated heterocycles. The van der Waals surface area contributed by atoms with Gasteiger partial charge >= 0.3 is 0 Å². The van der Waals surface area contributed by atoms with Crippen LogP contribution in [0.3, 0.4) is 0 Å². The number of nitrogens with zero attached hydrogens (tertiary/aromatic N) is 3. The summed E-state index contributed by atoms with van der Waals surface area (Å²) >= 11 is 1.34. The third kappa shape index (κ3) is 5.07. The first-order chi connectivity index (χ1) is 13.6. The van der Waals surface area contributed by atoms with Crippen molar-refractivity contribution in [2.75, 3.05) is 11.1 Å². The molecule has 0 radical (unpaired) electrons. The average molecular weight is 395 g/mol. The average Bonchev–Trinajstić information content (AvgIpc) is 3.08. The van der Waals surface area contributed by atoms with Gasteiger partial charge < -0.3 is 9.88 Å². The normalized spacial score (nSPS) is 10.6. The van der Waals surface area contributed by atoms with E-state index in [9.17, 15) is 9.59 Å². The zero-order valence-corrected chi connectivity index (χ0v) is 16.7. The molecule has 3 rings (SSSR count). The number of amides is 1. The third-order valence-corrected chi connectivity index (χ3v) is 5.16. The summed E-state index contributed by atoms with van der Waals surface area (Å²) in [6.07, 6.45) is 0.127. The van der Waals surface area contributed by atoms with E-state index in [2.05, 4.69) is 15.5 Å². The van der Waals surface area contributed by atoms with E-state index in [1.165, 1.54) is 11.8 Å². The number of thioether (sulfide) groups is 1. The lowest BCUT2D eigenvalue weighted by atomic mass is 10.1. The van der Waals surface area contributed by atoms with Crippen LogP contribution in [0.2, 0.25) is 0 Å². The second-order valence-corrected chi connectivity index (χ2v) is 7.25. The highest BCUT2D eigenvalue weighted by Gasteiger charge is 2.16. The van der Waals surface area contributed by atoms with E-state index in [1.54, 1.807) is 0 Å². The molecule has 3 aromatic rings. The highest BCUT2D eigenvalue weighted by Crippen LogP contribution is 2.19. The summed E-state index contributed by atoms with van der Waals surface area (Å²) in [6, 6.07) is 16.8. The summed E-state index contributed by atoms with van der Waals surface area (Å²) in [5.74, 6) is 0.748. The monoisotopic (exact) mass is 394 g/mol. The number of ketones is 1.